The van der Waals surface area contributed by atoms with Gasteiger partial charge in [0.15, 0.2) is 0 Å². The van der Waals surface area contributed by atoms with Crippen LogP contribution in [-0.4, -0.2) is 59.6 Å². The summed E-state index contributed by atoms with van der Waals surface area (Å²) in [5.74, 6) is 0.834. The molecule has 0 radical (unpaired) electrons. The Morgan fingerprint density at radius 3 is 2.38 bits per heavy atom. The van der Waals surface area contributed by atoms with Gasteiger partial charge in [0.1, 0.15) is 5.82 Å². The van der Waals surface area contributed by atoms with Crippen molar-refractivity contribution in [1.82, 2.24) is 39.0 Å². The summed E-state index contributed by atoms with van der Waals surface area (Å²) in [6, 6.07) is 8.76. The van der Waals surface area contributed by atoms with Crippen LogP contribution in [0.5, 0.6) is 0 Å². The van der Waals surface area contributed by atoms with Crippen molar-refractivity contribution in [1.29, 1.82) is 0 Å². The Labute approximate surface area is 217 Å². The lowest BCUT2D eigenvalue weighted by Crippen LogP contribution is -2.18. The minimum atomic E-state index is 0.673. The number of likely N-dealkylation sites (N-methyl/N-ethyl adjacent to an activating group) is 1. The molecule has 4 heterocycles. The highest BCUT2D eigenvalue weighted by Crippen LogP contribution is 2.41. The lowest BCUT2D eigenvalue weighted by Gasteiger charge is -2.18. The molecule has 0 saturated carbocycles. The van der Waals surface area contributed by atoms with Crippen molar-refractivity contribution < 1.29 is 0 Å². The molecule has 0 atom stereocenters. The maximum Gasteiger partial charge on any atom is 0.133 e. The fourth-order valence-electron chi connectivity index (χ4n) is 5.19. The maximum atomic E-state index is 5.12. The number of benzene rings is 1. The topological polar surface area (TPSA) is 69.6 Å². The highest BCUT2D eigenvalue weighted by atomic mass is 15.3. The molecule has 188 valence electrons. The number of nitrogens with zero attached hydrogens (tertiary/aromatic N) is 8. The normalized spacial score (nSPS) is 12.7. The van der Waals surface area contributed by atoms with Gasteiger partial charge in [-0.15, -0.1) is 0 Å². The van der Waals surface area contributed by atoms with Crippen LogP contribution in [-0.2, 0) is 39.9 Å². The Balaban J connectivity index is 1.32. The molecule has 5 aromatic rings. The highest BCUT2D eigenvalue weighted by molar-refractivity contribution is 5.86. The van der Waals surface area contributed by atoms with E-state index >= 15 is 0 Å². The van der Waals surface area contributed by atoms with Crippen LogP contribution in [0, 0.1) is 0 Å². The molecule has 0 saturated heterocycles. The first kappa shape index (κ1) is 23.4. The number of hydrogen-bond acceptors (Lipinski definition) is 5. The lowest BCUT2D eigenvalue weighted by atomic mass is 9.89. The number of aromatic nitrogens is 7. The van der Waals surface area contributed by atoms with Crippen molar-refractivity contribution in [3.63, 3.8) is 0 Å². The van der Waals surface area contributed by atoms with E-state index in [0.717, 1.165) is 54.1 Å². The molecule has 8 nitrogen and oxygen atoms in total. The predicted octanol–water partition coefficient (Wildman–Crippen LogP) is 4.00. The molecule has 0 bridgehead atoms. The molecule has 0 aliphatic heterocycles. The first-order chi connectivity index (χ1) is 17.9. The quantitative estimate of drug-likeness (QED) is 0.344. The molecule has 0 unspecified atom stereocenters. The van der Waals surface area contributed by atoms with Crippen LogP contribution in [0.25, 0.3) is 33.6 Å². The first-order valence-electron chi connectivity index (χ1n) is 12.7. The van der Waals surface area contributed by atoms with Crippen molar-refractivity contribution in [2.24, 2.45) is 14.1 Å². The van der Waals surface area contributed by atoms with Gasteiger partial charge in [-0.2, -0.15) is 10.2 Å². The second-order valence-corrected chi connectivity index (χ2v) is 10.2. The molecule has 1 aromatic carbocycles. The summed E-state index contributed by atoms with van der Waals surface area (Å²) < 4.78 is 6.07. The van der Waals surface area contributed by atoms with Crippen molar-refractivity contribution in [3.8, 4) is 33.6 Å². The molecule has 0 N–H and O–H groups in total. The molecule has 0 fully saturated rings. The fourth-order valence-corrected chi connectivity index (χ4v) is 5.19. The van der Waals surface area contributed by atoms with Crippen LogP contribution < -0.4 is 0 Å². The SMILES string of the molecule is CN(C)CCn1cc(Cc2ncc3c(n2)-c2c(cn(C)c2-c2ccc(-c4cnn(C)c4)cc2)CC3)cn1. The van der Waals surface area contributed by atoms with Crippen LogP contribution >= 0.6 is 0 Å². The van der Waals surface area contributed by atoms with E-state index in [2.05, 4.69) is 77.5 Å². The molecule has 4 aromatic heterocycles. The zero-order valence-corrected chi connectivity index (χ0v) is 21.9. The van der Waals surface area contributed by atoms with Crippen LogP contribution in [0.2, 0.25) is 0 Å². The third-order valence-electron chi connectivity index (χ3n) is 7.10. The van der Waals surface area contributed by atoms with E-state index in [1.807, 2.05) is 41.2 Å². The Morgan fingerprint density at radius 1 is 0.838 bits per heavy atom. The van der Waals surface area contributed by atoms with Gasteiger partial charge in [-0.1, -0.05) is 24.3 Å². The second kappa shape index (κ2) is 9.44. The number of fused-ring (bicyclic) bond motifs is 3. The average Bonchev–Trinajstić information content (AvgIpc) is 3.61. The van der Waals surface area contributed by atoms with E-state index in [1.54, 1.807) is 0 Å². The summed E-state index contributed by atoms with van der Waals surface area (Å²) in [6.07, 6.45) is 14.9. The summed E-state index contributed by atoms with van der Waals surface area (Å²) in [5.41, 5.74) is 10.7. The van der Waals surface area contributed by atoms with Crippen molar-refractivity contribution in [2.45, 2.75) is 25.8 Å². The van der Waals surface area contributed by atoms with Crippen LogP contribution in [0.4, 0.5) is 0 Å². The van der Waals surface area contributed by atoms with Crippen molar-refractivity contribution in [3.05, 3.63) is 84.0 Å². The zero-order chi connectivity index (χ0) is 25.5. The number of hydrogen-bond donors (Lipinski definition) is 0. The average molecular weight is 493 g/mol. The predicted molar refractivity (Wildman–Crippen MR) is 145 cm³/mol. The Bertz CT molecular complexity index is 1550. The minimum Gasteiger partial charge on any atom is -0.350 e. The van der Waals surface area contributed by atoms with Gasteiger partial charge in [0.2, 0.25) is 0 Å². The standard InChI is InChI=1S/C29H32N8/c1-34(2)11-12-37-17-20(14-32-37)13-26-30-15-23-9-10-24-18-35(3)29(27(24)28(23)33-26)22-7-5-21(6-8-22)25-16-31-36(4)19-25/h5-8,14-19H,9-13H2,1-4H3. The lowest BCUT2D eigenvalue weighted by molar-refractivity contribution is 0.373. The van der Waals surface area contributed by atoms with E-state index < -0.39 is 0 Å². The summed E-state index contributed by atoms with van der Waals surface area (Å²) in [4.78, 5) is 12.0. The molecule has 1 aliphatic rings. The molecule has 37 heavy (non-hydrogen) atoms. The van der Waals surface area contributed by atoms with Crippen LogP contribution in [0.15, 0.2) is 61.4 Å². The van der Waals surface area contributed by atoms with Gasteiger partial charge in [0.05, 0.1) is 30.3 Å². The van der Waals surface area contributed by atoms with E-state index in [4.69, 9.17) is 9.97 Å². The molecule has 0 amide bonds. The number of rotatable bonds is 7. The summed E-state index contributed by atoms with van der Waals surface area (Å²) in [7, 11) is 8.23. The van der Waals surface area contributed by atoms with Gasteiger partial charge in [-0.25, -0.2) is 9.97 Å². The van der Waals surface area contributed by atoms with Gasteiger partial charge in [0, 0.05) is 63.0 Å². The maximum absolute atomic E-state index is 5.12. The van der Waals surface area contributed by atoms with E-state index in [-0.39, 0.29) is 0 Å². The van der Waals surface area contributed by atoms with E-state index in [9.17, 15) is 0 Å². The van der Waals surface area contributed by atoms with E-state index in [1.165, 1.54) is 27.9 Å². The monoisotopic (exact) mass is 492 g/mol. The molecule has 6 rings (SSSR count). The van der Waals surface area contributed by atoms with E-state index in [0.29, 0.717) is 6.42 Å². The van der Waals surface area contributed by atoms with Gasteiger partial charge in [-0.3, -0.25) is 9.36 Å². The highest BCUT2D eigenvalue weighted by Gasteiger charge is 2.25. The van der Waals surface area contributed by atoms with Gasteiger partial charge >= 0.3 is 0 Å². The number of aryl methyl sites for hydroxylation is 4. The summed E-state index contributed by atoms with van der Waals surface area (Å²) in [6.45, 7) is 1.83. The Hall–Kier alpha value is -4.04. The third-order valence-corrected chi connectivity index (χ3v) is 7.10. The molecule has 8 heteroatoms. The largest absolute Gasteiger partial charge is 0.350 e. The van der Waals surface area contributed by atoms with Crippen LogP contribution in [0.1, 0.15) is 22.5 Å². The first-order valence-corrected chi connectivity index (χ1v) is 12.7. The fraction of sp³-hybridized carbons (Fsp3) is 0.310. The third kappa shape index (κ3) is 4.60. The molecular formula is C29H32N8. The van der Waals surface area contributed by atoms with Crippen LogP contribution in [0.3, 0.4) is 0 Å². The zero-order valence-electron chi connectivity index (χ0n) is 21.9. The van der Waals surface area contributed by atoms with Gasteiger partial charge in [0.25, 0.3) is 0 Å². The second-order valence-electron chi connectivity index (χ2n) is 10.2. The summed E-state index contributed by atoms with van der Waals surface area (Å²) >= 11 is 0. The smallest absolute Gasteiger partial charge is 0.133 e. The molecule has 1 aliphatic carbocycles. The van der Waals surface area contributed by atoms with Crippen molar-refractivity contribution >= 4 is 0 Å². The minimum absolute atomic E-state index is 0.673. The van der Waals surface area contributed by atoms with Gasteiger partial charge in [-0.05, 0) is 54.8 Å². The van der Waals surface area contributed by atoms with Crippen molar-refractivity contribution in [2.75, 3.05) is 20.6 Å². The Morgan fingerprint density at radius 2 is 1.62 bits per heavy atom. The molecule has 0 spiro atoms. The molecular weight excluding hydrogens is 460 g/mol. The summed E-state index contributed by atoms with van der Waals surface area (Å²) in [5, 5.41) is 8.83. The Kier molecular flexibility index (Phi) is 5.96. The van der Waals surface area contributed by atoms with Gasteiger partial charge < -0.3 is 9.47 Å².